The van der Waals surface area contributed by atoms with E-state index in [0.717, 1.165) is 47.6 Å². The van der Waals surface area contributed by atoms with E-state index in [1.165, 1.54) is 6.07 Å². The number of unbranched alkanes of at least 4 members (excludes halogenated alkanes) is 1. The molecule has 27 heavy (non-hydrogen) atoms. The molecule has 1 aliphatic heterocycles. The van der Waals surface area contributed by atoms with Crippen LogP contribution < -0.4 is 4.74 Å². The molecule has 2 aromatic carbocycles. The summed E-state index contributed by atoms with van der Waals surface area (Å²) in [7, 11) is 0. The van der Waals surface area contributed by atoms with Crippen molar-refractivity contribution < 1.29 is 19.7 Å². The molecular weight excluding hydrogens is 342 g/mol. The van der Waals surface area contributed by atoms with E-state index in [1.54, 1.807) is 6.08 Å². The summed E-state index contributed by atoms with van der Waals surface area (Å²) >= 11 is 0. The lowest BCUT2D eigenvalue weighted by atomic mass is 10.1. The largest absolute Gasteiger partial charge is 0.508 e. The maximum atomic E-state index is 12.7. The minimum absolute atomic E-state index is 0.0907. The summed E-state index contributed by atoms with van der Waals surface area (Å²) in [5, 5.41) is 20.8. The molecule has 0 bridgehead atoms. The molecule has 1 aliphatic rings. The molecule has 5 heteroatoms. The highest BCUT2D eigenvalue weighted by molar-refractivity contribution is 6.16. The molecule has 3 aromatic rings. The van der Waals surface area contributed by atoms with Crippen molar-refractivity contribution >= 4 is 22.8 Å². The molecule has 0 unspecified atom stereocenters. The number of para-hydroxylation sites is 1. The maximum Gasteiger partial charge on any atom is 0.235 e. The SMILES string of the molecule is CCCCn1c(/C=C2\Oc3cc(O)cc(O)c3C2=O)c(C)c2ccccc21. The first kappa shape index (κ1) is 17.2. The predicted molar refractivity (Wildman–Crippen MR) is 104 cm³/mol. The number of ether oxygens (including phenoxy) is 1. The van der Waals surface area contributed by atoms with E-state index in [4.69, 9.17) is 4.74 Å². The number of carbonyl (C=O) groups is 1. The third-order valence-corrected chi connectivity index (χ3v) is 5.01. The molecule has 0 saturated carbocycles. The standard InChI is InChI=1S/C22H21NO4/c1-3-4-9-23-16-8-6-5-7-15(16)13(2)17(23)12-20-22(26)21-18(25)10-14(24)11-19(21)27-20/h5-8,10-12,24-25H,3-4,9H2,1-2H3/b20-12-. The summed E-state index contributed by atoms with van der Waals surface area (Å²) in [6.07, 6.45) is 3.83. The second-order valence-corrected chi connectivity index (χ2v) is 6.81. The minimum atomic E-state index is -0.380. The Morgan fingerprint density at radius 1 is 1.19 bits per heavy atom. The van der Waals surface area contributed by atoms with E-state index < -0.39 is 0 Å². The lowest BCUT2D eigenvalue weighted by Gasteiger charge is -2.09. The van der Waals surface area contributed by atoms with Crippen LogP contribution in [0.4, 0.5) is 0 Å². The summed E-state index contributed by atoms with van der Waals surface area (Å²) < 4.78 is 7.88. The smallest absolute Gasteiger partial charge is 0.235 e. The highest BCUT2D eigenvalue weighted by Crippen LogP contribution is 2.41. The van der Waals surface area contributed by atoms with Crippen molar-refractivity contribution in [1.82, 2.24) is 4.57 Å². The Hall–Kier alpha value is -3.21. The Kier molecular flexibility index (Phi) is 4.15. The van der Waals surface area contributed by atoms with Crippen molar-refractivity contribution in [2.45, 2.75) is 33.2 Å². The van der Waals surface area contributed by atoms with Crippen molar-refractivity contribution in [2.75, 3.05) is 0 Å². The molecule has 4 rings (SSSR count). The van der Waals surface area contributed by atoms with Gasteiger partial charge in [-0.15, -0.1) is 0 Å². The van der Waals surface area contributed by atoms with E-state index in [1.807, 2.05) is 19.1 Å². The second-order valence-electron chi connectivity index (χ2n) is 6.81. The molecule has 2 heterocycles. The average molecular weight is 363 g/mol. The number of aromatic nitrogens is 1. The molecule has 0 aliphatic carbocycles. The number of phenolic OH excluding ortho intramolecular Hbond substituents is 2. The number of Topliss-reactive ketones (excluding diaryl/α,β-unsaturated/α-hetero) is 1. The van der Waals surface area contributed by atoms with Gasteiger partial charge in [0.15, 0.2) is 5.76 Å². The van der Waals surface area contributed by atoms with E-state index >= 15 is 0 Å². The number of aryl methyl sites for hydroxylation is 2. The van der Waals surface area contributed by atoms with Gasteiger partial charge in [0, 0.05) is 41.4 Å². The maximum absolute atomic E-state index is 12.7. The zero-order chi connectivity index (χ0) is 19.1. The van der Waals surface area contributed by atoms with Gasteiger partial charge in [-0.2, -0.15) is 0 Å². The van der Waals surface area contributed by atoms with Gasteiger partial charge in [0.25, 0.3) is 0 Å². The van der Waals surface area contributed by atoms with Crippen molar-refractivity contribution in [2.24, 2.45) is 0 Å². The summed E-state index contributed by atoms with van der Waals surface area (Å²) in [5.74, 6) is -0.475. The van der Waals surface area contributed by atoms with Gasteiger partial charge >= 0.3 is 0 Å². The zero-order valence-corrected chi connectivity index (χ0v) is 15.3. The van der Waals surface area contributed by atoms with Gasteiger partial charge in [-0.1, -0.05) is 31.5 Å². The molecule has 1 aromatic heterocycles. The van der Waals surface area contributed by atoms with Crippen LogP contribution >= 0.6 is 0 Å². The molecule has 2 N–H and O–H groups in total. The van der Waals surface area contributed by atoms with Crippen LogP contribution in [0.25, 0.3) is 17.0 Å². The van der Waals surface area contributed by atoms with Gasteiger partial charge in [-0.05, 0) is 25.0 Å². The number of carbonyl (C=O) groups excluding carboxylic acids is 1. The fraction of sp³-hybridized carbons (Fsp3) is 0.227. The van der Waals surface area contributed by atoms with Gasteiger partial charge < -0.3 is 19.5 Å². The molecule has 138 valence electrons. The molecule has 0 atom stereocenters. The predicted octanol–water partition coefficient (Wildman–Crippen LogP) is 4.78. The number of rotatable bonds is 4. The van der Waals surface area contributed by atoms with E-state index in [2.05, 4.69) is 23.6 Å². The Bertz CT molecular complexity index is 1090. The van der Waals surface area contributed by atoms with Crippen LogP contribution in [0.2, 0.25) is 0 Å². The molecule has 0 amide bonds. The molecular formula is C22H21NO4. The van der Waals surface area contributed by atoms with Crippen LogP contribution in [0.15, 0.2) is 42.2 Å². The molecule has 0 radical (unpaired) electrons. The normalized spacial score (nSPS) is 14.7. The van der Waals surface area contributed by atoms with Crippen LogP contribution in [-0.2, 0) is 6.54 Å². The third kappa shape index (κ3) is 2.76. The Balaban J connectivity index is 1.85. The van der Waals surface area contributed by atoms with Crippen molar-refractivity contribution in [3.63, 3.8) is 0 Å². The number of aromatic hydroxyl groups is 2. The first-order valence-corrected chi connectivity index (χ1v) is 9.09. The number of ketones is 1. The highest BCUT2D eigenvalue weighted by Gasteiger charge is 2.32. The molecule has 0 spiro atoms. The van der Waals surface area contributed by atoms with Crippen molar-refractivity contribution in [3.05, 3.63) is 59.0 Å². The highest BCUT2D eigenvalue weighted by atomic mass is 16.5. The topological polar surface area (TPSA) is 71.7 Å². The molecule has 5 nitrogen and oxygen atoms in total. The third-order valence-electron chi connectivity index (χ3n) is 5.01. The van der Waals surface area contributed by atoms with Gasteiger partial charge in [-0.25, -0.2) is 0 Å². The van der Waals surface area contributed by atoms with Gasteiger partial charge in [0.05, 0.1) is 0 Å². The van der Waals surface area contributed by atoms with Crippen LogP contribution in [-0.4, -0.2) is 20.6 Å². The number of fused-ring (bicyclic) bond motifs is 2. The van der Waals surface area contributed by atoms with E-state index in [0.29, 0.717) is 0 Å². The molecule has 0 fully saturated rings. The monoisotopic (exact) mass is 363 g/mol. The van der Waals surface area contributed by atoms with Crippen molar-refractivity contribution in [3.8, 4) is 17.2 Å². The van der Waals surface area contributed by atoms with Crippen molar-refractivity contribution in [1.29, 1.82) is 0 Å². The first-order valence-electron chi connectivity index (χ1n) is 9.09. The molecule has 0 saturated heterocycles. The zero-order valence-electron chi connectivity index (χ0n) is 15.3. The van der Waals surface area contributed by atoms with Crippen LogP contribution in [0.5, 0.6) is 17.2 Å². The van der Waals surface area contributed by atoms with E-state index in [-0.39, 0.29) is 34.4 Å². The fourth-order valence-corrected chi connectivity index (χ4v) is 3.64. The Labute approximate surface area is 157 Å². The van der Waals surface area contributed by atoms with Gasteiger partial charge in [0.2, 0.25) is 5.78 Å². The van der Waals surface area contributed by atoms with Gasteiger partial charge in [0.1, 0.15) is 22.8 Å². The van der Waals surface area contributed by atoms with Crippen LogP contribution in [0.3, 0.4) is 0 Å². The van der Waals surface area contributed by atoms with Crippen LogP contribution in [0, 0.1) is 6.92 Å². The number of benzene rings is 2. The number of nitrogens with zero attached hydrogens (tertiary/aromatic N) is 1. The first-order chi connectivity index (χ1) is 13.0. The average Bonchev–Trinajstić information content (AvgIpc) is 3.09. The summed E-state index contributed by atoms with van der Waals surface area (Å²) in [6, 6.07) is 10.7. The van der Waals surface area contributed by atoms with Crippen LogP contribution in [0.1, 0.15) is 41.4 Å². The second kappa shape index (κ2) is 6.50. The Morgan fingerprint density at radius 3 is 2.74 bits per heavy atom. The Morgan fingerprint density at radius 2 is 1.96 bits per heavy atom. The van der Waals surface area contributed by atoms with E-state index in [9.17, 15) is 15.0 Å². The fourth-order valence-electron chi connectivity index (χ4n) is 3.64. The number of hydrogen-bond acceptors (Lipinski definition) is 4. The quantitative estimate of drug-likeness (QED) is 0.655. The summed E-state index contributed by atoms with van der Waals surface area (Å²) in [6.45, 7) is 5.02. The lowest BCUT2D eigenvalue weighted by molar-refractivity contribution is 0.101. The number of hydrogen-bond donors (Lipinski definition) is 2. The number of allylic oxidation sites excluding steroid dienone is 1. The summed E-state index contributed by atoms with van der Waals surface area (Å²) in [4.78, 5) is 12.7. The number of phenols is 2. The van der Waals surface area contributed by atoms with Gasteiger partial charge in [-0.3, -0.25) is 4.79 Å². The minimum Gasteiger partial charge on any atom is -0.508 e. The lowest BCUT2D eigenvalue weighted by Crippen LogP contribution is -2.04. The summed E-state index contributed by atoms with van der Waals surface area (Å²) in [5.41, 5.74) is 3.21.